The molecule has 0 saturated carbocycles. The third kappa shape index (κ3) is 3.81. The number of rotatable bonds is 6. The zero-order valence-electron chi connectivity index (χ0n) is 12.9. The third-order valence-electron chi connectivity index (χ3n) is 4.20. The molecule has 3 rings (SSSR count). The highest BCUT2D eigenvalue weighted by molar-refractivity contribution is 5.87. The van der Waals surface area contributed by atoms with Crippen molar-refractivity contribution in [2.75, 3.05) is 19.9 Å². The van der Waals surface area contributed by atoms with E-state index >= 15 is 0 Å². The number of likely N-dealkylation sites (tertiary alicyclic amines) is 1. The maximum atomic E-state index is 11.8. The SMILES string of the molecule is O=C(/C=C/CCCCc1ccc2c(c1)OCO2)N1CCCC1. The number of fused-ring (bicyclic) bond motifs is 1. The number of allylic oxidation sites excluding steroid dienone is 1. The molecule has 1 fully saturated rings. The van der Waals surface area contributed by atoms with Crippen LogP contribution in [0, 0.1) is 0 Å². The standard InChI is InChI=1S/C18H23NO3/c20-18(19-11-5-6-12-19)8-4-2-1-3-7-15-9-10-16-17(13-15)22-14-21-16/h4,8-10,13H,1-3,5-7,11-12,14H2/b8-4+. The van der Waals surface area contributed by atoms with Crippen LogP contribution in [0.1, 0.15) is 37.7 Å². The molecule has 2 aliphatic rings. The quantitative estimate of drug-likeness (QED) is 0.598. The van der Waals surface area contributed by atoms with Gasteiger partial charge >= 0.3 is 0 Å². The van der Waals surface area contributed by atoms with E-state index in [9.17, 15) is 4.79 Å². The summed E-state index contributed by atoms with van der Waals surface area (Å²) in [5.74, 6) is 1.87. The van der Waals surface area contributed by atoms with Crippen molar-refractivity contribution in [2.24, 2.45) is 0 Å². The topological polar surface area (TPSA) is 38.8 Å². The van der Waals surface area contributed by atoms with E-state index in [2.05, 4.69) is 12.1 Å². The van der Waals surface area contributed by atoms with Gasteiger partial charge in [0, 0.05) is 13.1 Å². The lowest BCUT2D eigenvalue weighted by Crippen LogP contribution is -2.25. The van der Waals surface area contributed by atoms with Gasteiger partial charge in [-0.25, -0.2) is 0 Å². The van der Waals surface area contributed by atoms with E-state index in [0.29, 0.717) is 6.79 Å². The Morgan fingerprint density at radius 2 is 1.95 bits per heavy atom. The molecule has 4 heteroatoms. The Bertz CT molecular complexity index is 547. The minimum atomic E-state index is 0.174. The first kappa shape index (κ1) is 14.9. The van der Waals surface area contributed by atoms with Gasteiger partial charge in [-0.2, -0.15) is 0 Å². The Morgan fingerprint density at radius 3 is 2.82 bits per heavy atom. The van der Waals surface area contributed by atoms with Crippen LogP contribution in [-0.2, 0) is 11.2 Å². The number of aryl methyl sites for hydroxylation is 1. The molecule has 22 heavy (non-hydrogen) atoms. The van der Waals surface area contributed by atoms with Gasteiger partial charge in [0.15, 0.2) is 11.5 Å². The molecule has 1 aromatic carbocycles. The molecule has 0 spiro atoms. The Kier molecular flexibility index (Phi) is 4.99. The van der Waals surface area contributed by atoms with E-state index < -0.39 is 0 Å². The zero-order valence-corrected chi connectivity index (χ0v) is 12.9. The summed E-state index contributed by atoms with van der Waals surface area (Å²) in [7, 11) is 0. The molecule has 2 heterocycles. The zero-order chi connectivity index (χ0) is 15.2. The van der Waals surface area contributed by atoms with E-state index in [1.54, 1.807) is 6.08 Å². The molecular formula is C18H23NO3. The van der Waals surface area contributed by atoms with Gasteiger partial charge in [0.25, 0.3) is 0 Å². The Balaban J connectivity index is 1.34. The summed E-state index contributed by atoms with van der Waals surface area (Å²) < 4.78 is 10.7. The summed E-state index contributed by atoms with van der Waals surface area (Å²) in [4.78, 5) is 13.8. The number of amides is 1. The van der Waals surface area contributed by atoms with E-state index in [1.807, 2.05) is 17.0 Å². The van der Waals surface area contributed by atoms with Crippen LogP contribution in [0.5, 0.6) is 11.5 Å². The normalized spacial score (nSPS) is 16.6. The molecule has 1 amide bonds. The third-order valence-corrected chi connectivity index (χ3v) is 4.20. The van der Waals surface area contributed by atoms with Crippen LogP contribution >= 0.6 is 0 Å². The van der Waals surface area contributed by atoms with Crippen LogP contribution in [0.3, 0.4) is 0 Å². The van der Waals surface area contributed by atoms with Crippen LogP contribution in [0.15, 0.2) is 30.4 Å². The Labute approximate surface area is 131 Å². The van der Waals surface area contributed by atoms with Gasteiger partial charge in [0.05, 0.1) is 0 Å². The van der Waals surface area contributed by atoms with Crippen LogP contribution < -0.4 is 9.47 Å². The molecule has 2 aliphatic heterocycles. The van der Waals surface area contributed by atoms with Crippen molar-refractivity contribution in [3.63, 3.8) is 0 Å². The molecule has 0 N–H and O–H groups in total. The lowest BCUT2D eigenvalue weighted by Gasteiger charge is -2.11. The molecule has 0 bridgehead atoms. The Morgan fingerprint density at radius 1 is 1.14 bits per heavy atom. The highest BCUT2D eigenvalue weighted by Crippen LogP contribution is 2.32. The van der Waals surface area contributed by atoms with E-state index in [1.165, 1.54) is 5.56 Å². The van der Waals surface area contributed by atoms with E-state index in [-0.39, 0.29) is 5.91 Å². The molecule has 1 saturated heterocycles. The number of ether oxygens (including phenoxy) is 2. The van der Waals surface area contributed by atoms with Crippen molar-refractivity contribution in [3.05, 3.63) is 35.9 Å². The number of hydrogen-bond acceptors (Lipinski definition) is 3. The fourth-order valence-electron chi connectivity index (χ4n) is 2.91. The first-order valence-electron chi connectivity index (χ1n) is 8.17. The predicted molar refractivity (Wildman–Crippen MR) is 85.1 cm³/mol. The van der Waals surface area contributed by atoms with Crippen molar-refractivity contribution in [2.45, 2.75) is 38.5 Å². The summed E-state index contributed by atoms with van der Waals surface area (Å²) in [5, 5.41) is 0. The minimum Gasteiger partial charge on any atom is -0.454 e. The highest BCUT2D eigenvalue weighted by Gasteiger charge is 2.15. The monoisotopic (exact) mass is 301 g/mol. The maximum absolute atomic E-state index is 11.8. The summed E-state index contributed by atoms with van der Waals surface area (Å²) in [5.41, 5.74) is 1.28. The fourth-order valence-corrected chi connectivity index (χ4v) is 2.91. The van der Waals surface area contributed by atoms with Crippen LogP contribution in [0.4, 0.5) is 0 Å². The van der Waals surface area contributed by atoms with Gasteiger partial charge in [0.2, 0.25) is 12.7 Å². The second-order valence-corrected chi connectivity index (χ2v) is 5.87. The first-order valence-corrected chi connectivity index (χ1v) is 8.17. The van der Waals surface area contributed by atoms with Crippen molar-refractivity contribution >= 4 is 5.91 Å². The molecular weight excluding hydrogens is 278 g/mol. The Hall–Kier alpha value is -1.97. The molecule has 0 radical (unpaired) electrons. The number of benzene rings is 1. The number of carbonyl (C=O) groups excluding carboxylic acids is 1. The molecule has 1 aromatic rings. The summed E-state index contributed by atoms with van der Waals surface area (Å²) in [6.07, 6.45) is 10.3. The van der Waals surface area contributed by atoms with Crippen LogP contribution in [0.2, 0.25) is 0 Å². The summed E-state index contributed by atoms with van der Waals surface area (Å²) >= 11 is 0. The highest BCUT2D eigenvalue weighted by atomic mass is 16.7. The lowest BCUT2D eigenvalue weighted by molar-refractivity contribution is -0.125. The average molecular weight is 301 g/mol. The number of nitrogens with zero attached hydrogens (tertiary/aromatic N) is 1. The first-order chi connectivity index (χ1) is 10.8. The lowest BCUT2D eigenvalue weighted by atomic mass is 10.1. The smallest absolute Gasteiger partial charge is 0.246 e. The van der Waals surface area contributed by atoms with Crippen LogP contribution in [-0.4, -0.2) is 30.7 Å². The largest absolute Gasteiger partial charge is 0.454 e. The predicted octanol–water partition coefficient (Wildman–Crippen LogP) is 3.31. The van der Waals surface area contributed by atoms with Gasteiger partial charge < -0.3 is 14.4 Å². The number of carbonyl (C=O) groups is 1. The van der Waals surface area contributed by atoms with Gasteiger partial charge in [0.1, 0.15) is 0 Å². The maximum Gasteiger partial charge on any atom is 0.246 e. The van der Waals surface area contributed by atoms with Gasteiger partial charge in [-0.3, -0.25) is 4.79 Å². The van der Waals surface area contributed by atoms with E-state index in [0.717, 1.165) is 63.1 Å². The number of hydrogen-bond donors (Lipinski definition) is 0. The van der Waals surface area contributed by atoms with Crippen molar-refractivity contribution < 1.29 is 14.3 Å². The fraction of sp³-hybridized carbons (Fsp3) is 0.500. The second-order valence-electron chi connectivity index (χ2n) is 5.87. The van der Waals surface area contributed by atoms with Gasteiger partial charge in [-0.05, 0) is 62.3 Å². The van der Waals surface area contributed by atoms with Crippen molar-refractivity contribution in [1.29, 1.82) is 0 Å². The summed E-state index contributed by atoms with van der Waals surface area (Å²) in [6.45, 7) is 2.18. The molecule has 0 aliphatic carbocycles. The molecule has 0 atom stereocenters. The number of unbranched alkanes of at least 4 members (excludes halogenated alkanes) is 2. The molecule has 4 nitrogen and oxygen atoms in total. The van der Waals surface area contributed by atoms with Crippen molar-refractivity contribution in [3.8, 4) is 11.5 Å². The van der Waals surface area contributed by atoms with Crippen LogP contribution in [0.25, 0.3) is 0 Å². The molecule has 118 valence electrons. The van der Waals surface area contributed by atoms with Crippen molar-refractivity contribution in [1.82, 2.24) is 4.90 Å². The average Bonchev–Trinajstić information content (AvgIpc) is 3.20. The molecule has 0 aromatic heterocycles. The molecule has 0 unspecified atom stereocenters. The van der Waals surface area contributed by atoms with Gasteiger partial charge in [-0.1, -0.05) is 12.1 Å². The van der Waals surface area contributed by atoms with Gasteiger partial charge in [-0.15, -0.1) is 0 Å². The summed E-state index contributed by atoms with van der Waals surface area (Å²) in [6, 6.07) is 6.14. The minimum absolute atomic E-state index is 0.174. The second kappa shape index (κ2) is 7.34. The van der Waals surface area contributed by atoms with E-state index in [4.69, 9.17) is 9.47 Å².